The quantitative estimate of drug-likeness (QED) is 0.393. The molecule has 37 heavy (non-hydrogen) atoms. The van der Waals surface area contributed by atoms with Crippen molar-refractivity contribution in [2.45, 2.75) is 13.0 Å². The van der Waals surface area contributed by atoms with E-state index in [9.17, 15) is 14.7 Å². The summed E-state index contributed by atoms with van der Waals surface area (Å²) in [5.41, 5.74) is 5.73. The molecule has 3 heterocycles. The van der Waals surface area contributed by atoms with Crippen molar-refractivity contribution >= 4 is 29.0 Å². The van der Waals surface area contributed by atoms with E-state index in [2.05, 4.69) is 4.98 Å². The number of aromatic carboxylic acids is 1. The normalized spacial score (nSPS) is 13.1. The number of rotatable bonds is 6. The summed E-state index contributed by atoms with van der Waals surface area (Å²) in [4.78, 5) is 30.9. The number of hydrogen-bond acceptors (Lipinski definition) is 5. The Morgan fingerprint density at radius 1 is 1.03 bits per heavy atom. The molecule has 5 rings (SSSR count). The van der Waals surface area contributed by atoms with Gasteiger partial charge in [0.15, 0.2) is 11.5 Å². The molecule has 8 nitrogen and oxygen atoms in total. The van der Waals surface area contributed by atoms with Crippen LogP contribution in [-0.2, 0) is 24.8 Å². The maximum atomic E-state index is 13.3. The predicted molar refractivity (Wildman–Crippen MR) is 141 cm³/mol. The van der Waals surface area contributed by atoms with Gasteiger partial charge in [-0.1, -0.05) is 12.1 Å². The van der Waals surface area contributed by atoms with Gasteiger partial charge in [-0.15, -0.1) is 0 Å². The first-order valence-electron chi connectivity index (χ1n) is 11.9. The highest BCUT2D eigenvalue weighted by atomic mass is 16.5. The second kappa shape index (κ2) is 9.81. The maximum Gasteiger partial charge on any atom is 0.335 e. The standard InChI is InChI=1S/C29H27N3O5/c1-31-27(18-6-8-19(9-7-18)29(34)35)22(23-5-4-13-30-28(23)31)10-11-26(33)32-14-12-20-15-24(36-2)25(37-3)16-21(20)17-32/h4-11,13,15-16H,12,14,17H2,1-3H3,(H,34,35)/b11-10+. The lowest BCUT2D eigenvalue weighted by atomic mass is 9.98. The Morgan fingerprint density at radius 3 is 2.41 bits per heavy atom. The highest BCUT2D eigenvalue weighted by Gasteiger charge is 2.22. The number of ether oxygens (including phenoxy) is 2. The molecule has 8 heteroatoms. The topological polar surface area (TPSA) is 93.9 Å². The van der Waals surface area contributed by atoms with E-state index in [0.29, 0.717) is 24.6 Å². The number of aryl methyl sites for hydroxylation is 1. The molecule has 2 aromatic carbocycles. The lowest BCUT2D eigenvalue weighted by molar-refractivity contribution is -0.126. The van der Waals surface area contributed by atoms with Crippen molar-refractivity contribution in [1.82, 2.24) is 14.5 Å². The van der Waals surface area contributed by atoms with Gasteiger partial charge in [0.05, 0.1) is 25.5 Å². The minimum absolute atomic E-state index is 0.0893. The van der Waals surface area contributed by atoms with E-state index in [4.69, 9.17) is 9.47 Å². The minimum atomic E-state index is -0.977. The van der Waals surface area contributed by atoms with Crippen molar-refractivity contribution in [1.29, 1.82) is 0 Å². The van der Waals surface area contributed by atoms with Crippen molar-refractivity contribution in [2.75, 3.05) is 20.8 Å². The van der Waals surface area contributed by atoms with Crippen LogP contribution in [0.2, 0.25) is 0 Å². The van der Waals surface area contributed by atoms with Gasteiger partial charge in [0.25, 0.3) is 0 Å². The summed E-state index contributed by atoms with van der Waals surface area (Å²) in [6, 6.07) is 14.5. The first kappa shape index (κ1) is 24.1. The molecule has 0 radical (unpaired) electrons. The highest BCUT2D eigenvalue weighted by molar-refractivity contribution is 6.00. The summed E-state index contributed by atoms with van der Waals surface area (Å²) >= 11 is 0. The Morgan fingerprint density at radius 2 is 1.73 bits per heavy atom. The number of carbonyl (C=O) groups excluding carboxylic acids is 1. The molecule has 0 fully saturated rings. The number of amides is 1. The molecule has 0 saturated heterocycles. The molecule has 188 valence electrons. The van der Waals surface area contributed by atoms with Crippen molar-refractivity contribution in [3.8, 4) is 22.8 Å². The largest absolute Gasteiger partial charge is 0.493 e. The van der Waals surface area contributed by atoms with Crippen LogP contribution in [0.4, 0.5) is 0 Å². The van der Waals surface area contributed by atoms with E-state index in [0.717, 1.165) is 45.4 Å². The molecular weight excluding hydrogens is 470 g/mol. The van der Waals surface area contributed by atoms with Crippen LogP contribution in [0.25, 0.3) is 28.4 Å². The van der Waals surface area contributed by atoms with Crippen molar-refractivity contribution in [3.63, 3.8) is 0 Å². The number of fused-ring (bicyclic) bond motifs is 2. The highest BCUT2D eigenvalue weighted by Crippen LogP contribution is 2.35. The molecule has 0 bridgehead atoms. The van der Waals surface area contributed by atoms with Crippen LogP contribution in [0.5, 0.6) is 11.5 Å². The second-order valence-corrected chi connectivity index (χ2v) is 8.90. The van der Waals surface area contributed by atoms with Gasteiger partial charge in [-0.2, -0.15) is 0 Å². The molecule has 1 aliphatic rings. The number of carboxylic acids is 1. The van der Waals surface area contributed by atoms with Gasteiger partial charge in [-0.05, 0) is 65.6 Å². The lowest BCUT2D eigenvalue weighted by Crippen LogP contribution is -2.34. The fourth-order valence-corrected chi connectivity index (χ4v) is 4.91. The van der Waals surface area contributed by atoms with Gasteiger partial charge in [0, 0.05) is 43.4 Å². The first-order chi connectivity index (χ1) is 17.9. The van der Waals surface area contributed by atoms with E-state index in [1.54, 1.807) is 50.8 Å². The smallest absolute Gasteiger partial charge is 0.335 e. The Balaban J connectivity index is 1.47. The van der Waals surface area contributed by atoms with Gasteiger partial charge in [-0.3, -0.25) is 4.79 Å². The molecule has 0 aliphatic carbocycles. The van der Waals surface area contributed by atoms with Crippen LogP contribution in [-0.4, -0.2) is 52.2 Å². The average molecular weight is 498 g/mol. The summed E-state index contributed by atoms with van der Waals surface area (Å²) in [6.07, 6.45) is 5.89. The number of aromatic nitrogens is 2. The molecule has 0 saturated carbocycles. The third kappa shape index (κ3) is 4.42. The number of carboxylic acid groups (broad SMARTS) is 1. The Kier molecular flexibility index (Phi) is 6.40. The van der Waals surface area contributed by atoms with Crippen molar-refractivity contribution < 1.29 is 24.2 Å². The van der Waals surface area contributed by atoms with Crippen molar-refractivity contribution in [3.05, 3.63) is 83.1 Å². The summed E-state index contributed by atoms with van der Waals surface area (Å²) in [7, 11) is 5.13. The zero-order valence-electron chi connectivity index (χ0n) is 20.9. The molecule has 0 atom stereocenters. The zero-order valence-corrected chi connectivity index (χ0v) is 20.9. The van der Waals surface area contributed by atoms with E-state index < -0.39 is 5.97 Å². The summed E-state index contributed by atoms with van der Waals surface area (Å²) in [5.74, 6) is 0.269. The van der Waals surface area contributed by atoms with Crippen LogP contribution in [0.1, 0.15) is 27.0 Å². The Labute approximate surface area is 214 Å². The van der Waals surface area contributed by atoms with Gasteiger partial charge in [-0.25, -0.2) is 9.78 Å². The Hall–Kier alpha value is -4.59. The van der Waals surface area contributed by atoms with Crippen LogP contribution in [0.3, 0.4) is 0 Å². The molecule has 2 aromatic heterocycles. The third-order valence-electron chi connectivity index (χ3n) is 6.81. The van der Waals surface area contributed by atoms with Crippen LogP contribution < -0.4 is 9.47 Å². The van der Waals surface area contributed by atoms with Gasteiger partial charge in [0.1, 0.15) is 5.65 Å². The number of carbonyl (C=O) groups is 2. The number of benzene rings is 2. The second-order valence-electron chi connectivity index (χ2n) is 8.90. The molecule has 0 spiro atoms. The van der Waals surface area contributed by atoms with E-state index in [-0.39, 0.29) is 11.5 Å². The molecule has 4 aromatic rings. The molecule has 0 unspecified atom stereocenters. The monoisotopic (exact) mass is 497 g/mol. The molecule has 1 aliphatic heterocycles. The van der Waals surface area contributed by atoms with Crippen LogP contribution in [0, 0.1) is 0 Å². The number of pyridine rings is 1. The SMILES string of the molecule is COc1cc2c(cc1OC)CN(C(=O)/C=C/c1c(-c3ccc(C(=O)O)cc3)n(C)c3ncccc13)CC2. The minimum Gasteiger partial charge on any atom is -0.493 e. The maximum absolute atomic E-state index is 13.3. The third-order valence-corrected chi connectivity index (χ3v) is 6.81. The first-order valence-corrected chi connectivity index (χ1v) is 11.9. The average Bonchev–Trinajstić information content (AvgIpc) is 3.21. The van der Waals surface area contributed by atoms with Crippen LogP contribution >= 0.6 is 0 Å². The molecular formula is C29H27N3O5. The summed E-state index contributed by atoms with van der Waals surface area (Å²) in [6.45, 7) is 1.09. The lowest BCUT2D eigenvalue weighted by Gasteiger charge is -2.28. The number of hydrogen-bond donors (Lipinski definition) is 1. The van der Waals surface area contributed by atoms with Gasteiger partial charge >= 0.3 is 5.97 Å². The number of nitrogens with zero attached hydrogens (tertiary/aromatic N) is 3. The Bertz CT molecular complexity index is 1540. The van der Waals surface area contributed by atoms with Crippen molar-refractivity contribution in [2.24, 2.45) is 7.05 Å². The zero-order chi connectivity index (χ0) is 26.1. The molecule has 1 amide bonds. The fraction of sp³-hybridized carbons (Fsp3) is 0.207. The fourth-order valence-electron chi connectivity index (χ4n) is 4.91. The van der Waals surface area contributed by atoms with Gasteiger partial charge in [0.2, 0.25) is 5.91 Å². The predicted octanol–water partition coefficient (Wildman–Crippen LogP) is 4.55. The van der Waals surface area contributed by atoms with E-state index in [1.807, 2.05) is 46.9 Å². The summed E-state index contributed by atoms with van der Waals surface area (Å²) in [5, 5.41) is 10.2. The number of methoxy groups -OCH3 is 2. The summed E-state index contributed by atoms with van der Waals surface area (Å²) < 4.78 is 12.8. The van der Waals surface area contributed by atoms with E-state index in [1.165, 1.54) is 0 Å². The van der Waals surface area contributed by atoms with Crippen LogP contribution in [0.15, 0.2) is 60.8 Å². The molecule has 1 N–H and O–H groups in total. The van der Waals surface area contributed by atoms with Gasteiger partial charge < -0.3 is 24.0 Å². The van der Waals surface area contributed by atoms with E-state index >= 15 is 0 Å².